The molecule has 1 saturated carbocycles. The van der Waals surface area contributed by atoms with Gasteiger partial charge >= 0.3 is 5.97 Å². The second-order valence-corrected chi connectivity index (χ2v) is 5.69. The van der Waals surface area contributed by atoms with Gasteiger partial charge in [0.1, 0.15) is 0 Å². The summed E-state index contributed by atoms with van der Waals surface area (Å²) in [4.78, 5) is 11.8. The molecule has 2 atom stereocenters. The number of hydrogen-bond donors (Lipinski definition) is 1. The van der Waals surface area contributed by atoms with Crippen molar-refractivity contribution in [1.29, 1.82) is 0 Å². The van der Waals surface area contributed by atoms with Crippen molar-refractivity contribution in [3.8, 4) is 0 Å². The van der Waals surface area contributed by atoms with Crippen LogP contribution < -0.4 is 0 Å². The Labute approximate surface area is 119 Å². The first kappa shape index (κ1) is 15.0. The summed E-state index contributed by atoms with van der Waals surface area (Å²) >= 11 is 0. The molecular weight excluding hydrogens is 258 g/mol. The summed E-state index contributed by atoms with van der Waals surface area (Å²) in [6.45, 7) is 3.98. The number of aliphatic hydroxyl groups excluding tert-OH is 1. The lowest BCUT2D eigenvalue weighted by atomic mass is 10.0. The fourth-order valence-corrected chi connectivity index (χ4v) is 2.88. The van der Waals surface area contributed by atoms with Gasteiger partial charge in [-0.3, -0.25) is 0 Å². The van der Waals surface area contributed by atoms with E-state index in [1.165, 1.54) is 7.11 Å². The average Bonchev–Trinajstić information content (AvgIpc) is 2.75. The highest BCUT2D eigenvalue weighted by Gasteiger charge is 2.30. The monoisotopic (exact) mass is 281 g/mol. The predicted octanol–water partition coefficient (Wildman–Crippen LogP) is 2.05. The van der Waals surface area contributed by atoms with Crippen LogP contribution in [0.2, 0.25) is 0 Å². The summed E-state index contributed by atoms with van der Waals surface area (Å²) in [5, 5.41) is 18.4. The van der Waals surface area contributed by atoms with E-state index >= 15 is 0 Å². The van der Waals surface area contributed by atoms with Gasteiger partial charge in [-0.1, -0.05) is 38.3 Å². The van der Waals surface area contributed by atoms with E-state index in [1.807, 2.05) is 13.8 Å². The smallest absolute Gasteiger partial charge is 0.360 e. The Hall–Kier alpha value is -1.43. The van der Waals surface area contributed by atoms with Crippen LogP contribution in [0.4, 0.5) is 0 Å². The van der Waals surface area contributed by atoms with Crippen molar-refractivity contribution < 1.29 is 14.6 Å². The summed E-state index contributed by atoms with van der Waals surface area (Å²) < 4.78 is 6.50. The number of aromatic nitrogens is 3. The van der Waals surface area contributed by atoms with Gasteiger partial charge in [-0.05, 0) is 18.8 Å². The Morgan fingerprint density at radius 3 is 2.70 bits per heavy atom. The SMILES string of the molecule is COC(=O)c1nnn(C2CCCCCC2O)c1C(C)C. The normalized spacial score (nSPS) is 23.6. The molecule has 2 unspecified atom stereocenters. The summed E-state index contributed by atoms with van der Waals surface area (Å²) in [5.74, 6) is -0.377. The molecule has 1 aliphatic carbocycles. The van der Waals surface area contributed by atoms with Crippen LogP contribution in [0.5, 0.6) is 0 Å². The predicted molar refractivity (Wildman–Crippen MR) is 73.6 cm³/mol. The Bertz CT molecular complexity index is 470. The third kappa shape index (κ3) is 2.85. The lowest BCUT2D eigenvalue weighted by Crippen LogP contribution is -2.26. The quantitative estimate of drug-likeness (QED) is 0.677. The van der Waals surface area contributed by atoms with Gasteiger partial charge in [0.05, 0.1) is 24.9 Å². The van der Waals surface area contributed by atoms with Gasteiger partial charge in [-0.2, -0.15) is 0 Å². The molecule has 1 N–H and O–H groups in total. The lowest BCUT2D eigenvalue weighted by molar-refractivity contribution is 0.0591. The number of esters is 1. The standard InChI is InChI=1S/C14H23N3O3/c1-9(2)13-12(14(19)20-3)15-16-17(13)10-7-5-4-6-8-11(10)18/h9-11,18H,4-8H2,1-3H3. The van der Waals surface area contributed by atoms with Crippen LogP contribution in [-0.4, -0.2) is 39.3 Å². The number of carbonyl (C=O) groups excluding carboxylic acids is 1. The zero-order valence-electron chi connectivity index (χ0n) is 12.4. The topological polar surface area (TPSA) is 77.2 Å². The van der Waals surface area contributed by atoms with Crippen molar-refractivity contribution in [2.75, 3.05) is 7.11 Å². The molecule has 1 aromatic heterocycles. The molecule has 20 heavy (non-hydrogen) atoms. The van der Waals surface area contributed by atoms with Crippen LogP contribution in [-0.2, 0) is 4.74 Å². The van der Waals surface area contributed by atoms with Crippen molar-refractivity contribution in [1.82, 2.24) is 15.0 Å². The van der Waals surface area contributed by atoms with E-state index in [2.05, 4.69) is 10.3 Å². The molecule has 1 fully saturated rings. The fourth-order valence-electron chi connectivity index (χ4n) is 2.88. The number of methoxy groups -OCH3 is 1. The molecule has 1 aliphatic rings. The molecule has 0 aliphatic heterocycles. The second kappa shape index (κ2) is 6.35. The van der Waals surface area contributed by atoms with Crippen LogP contribution in [0.3, 0.4) is 0 Å². The van der Waals surface area contributed by atoms with Crippen LogP contribution in [0.1, 0.15) is 74.1 Å². The third-order valence-corrected chi connectivity index (χ3v) is 3.91. The summed E-state index contributed by atoms with van der Waals surface area (Å²) in [6.07, 6.45) is 4.44. The van der Waals surface area contributed by atoms with E-state index in [4.69, 9.17) is 4.74 Å². The molecule has 6 nitrogen and oxygen atoms in total. The van der Waals surface area contributed by atoms with Crippen LogP contribution in [0.25, 0.3) is 0 Å². The minimum absolute atomic E-state index is 0.0922. The molecular formula is C14H23N3O3. The number of aliphatic hydroxyl groups is 1. The number of carbonyl (C=O) groups is 1. The van der Waals surface area contributed by atoms with E-state index < -0.39 is 12.1 Å². The van der Waals surface area contributed by atoms with E-state index in [0.29, 0.717) is 0 Å². The Morgan fingerprint density at radius 1 is 1.35 bits per heavy atom. The Balaban J connectivity index is 2.40. The third-order valence-electron chi connectivity index (χ3n) is 3.91. The number of ether oxygens (including phenoxy) is 1. The minimum Gasteiger partial charge on any atom is -0.464 e. The maximum Gasteiger partial charge on any atom is 0.360 e. The lowest BCUT2D eigenvalue weighted by Gasteiger charge is -2.23. The number of nitrogens with zero attached hydrogens (tertiary/aromatic N) is 3. The second-order valence-electron chi connectivity index (χ2n) is 5.69. The summed E-state index contributed by atoms with van der Waals surface area (Å²) in [7, 11) is 1.34. The number of rotatable bonds is 3. The molecule has 6 heteroatoms. The molecule has 1 heterocycles. The fraction of sp³-hybridized carbons (Fsp3) is 0.786. The van der Waals surface area contributed by atoms with Gasteiger partial charge in [0.2, 0.25) is 0 Å². The summed E-state index contributed by atoms with van der Waals surface area (Å²) in [6, 6.07) is -0.0965. The molecule has 112 valence electrons. The first-order valence-electron chi connectivity index (χ1n) is 7.27. The van der Waals surface area contributed by atoms with Gasteiger partial charge in [0.15, 0.2) is 5.69 Å². The van der Waals surface area contributed by atoms with Crippen molar-refractivity contribution in [3.05, 3.63) is 11.4 Å². The molecule has 2 rings (SSSR count). The van der Waals surface area contributed by atoms with E-state index in [9.17, 15) is 9.90 Å². The van der Waals surface area contributed by atoms with E-state index in [1.54, 1.807) is 4.68 Å². The van der Waals surface area contributed by atoms with Crippen molar-refractivity contribution in [3.63, 3.8) is 0 Å². The highest BCUT2D eigenvalue weighted by molar-refractivity contribution is 5.88. The maximum atomic E-state index is 11.8. The summed E-state index contributed by atoms with van der Waals surface area (Å²) in [5.41, 5.74) is 1.02. The highest BCUT2D eigenvalue weighted by Crippen LogP contribution is 2.31. The van der Waals surface area contributed by atoms with Gasteiger partial charge in [-0.25, -0.2) is 9.48 Å². The largest absolute Gasteiger partial charge is 0.464 e. The van der Waals surface area contributed by atoms with E-state index in [0.717, 1.165) is 37.8 Å². The molecule has 0 radical (unpaired) electrons. The van der Waals surface area contributed by atoms with E-state index in [-0.39, 0.29) is 17.7 Å². The molecule has 1 aromatic rings. The van der Waals surface area contributed by atoms with Crippen LogP contribution in [0, 0.1) is 0 Å². The molecule has 0 saturated heterocycles. The first-order chi connectivity index (χ1) is 9.56. The molecule has 0 spiro atoms. The van der Waals surface area contributed by atoms with Crippen LogP contribution >= 0.6 is 0 Å². The maximum absolute atomic E-state index is 11.8. The molecule has 0 amide bonds. The minimum atomic E-state index is -0.469. The first-order valence-corrected chi connectivity index (χ1v) is 7.27. The number of hydrogen-bond acceptors (Lipinski definition) is 5. The van der Waals surface area contributed by atoms with Crippen molar-refractivity contribution in [2.45, 2.75) is 64.0 Å². The van der Waals surface area contributed by atoms with Crippen LogP contribution in [0.15, 0.2) is 0 Å². The van der Waals surface area contributed by atoms with Crippen molar-refractivity contribution >= 4 is 5.97 Å². The van der Waals surface area contributed by atoms with Gasteiger partial charge in [0.25, 0.3) is 0 Å². The highest BCUT2D eigenvalue weighted by atomic mass is 16.5. The Kier molecular flexibility index (Phi) is 4.75. The van der Waals surface area contributed by atoms with Crippen molar-refractivity contribution in [2.24, 2.45) is 0 Å². The van der Waals surface area contributed by atoms with Gasteiger partial charge < -0.3 is 9.84 Å². The zero-order valence-corrected chi connectivity index (χ0v) is 12.4. The van der Waals surface area contributed by atoms with Gasteiger partial charge in [-0.15, -0.1) is 5.10 Å². The zero-order chi connectivity index (χ0) is 14.7. The average molecular weight is 281 g/mol. The Morgan fingerprint density at radius 2 is 2.05 bits per heavy atom. The molecule has 0 bridgehead atoms. The molecule has 0 aromatic carbocycles. The van der Waals surface area contributed by atoms with Gasteiger partial charge in [0, 0.05) is 0 Å².